The molecule has 0 fully saturated rings. The smallest absolute Gasteiger partial charge is 0.280 e. The first kappa shape index (κ1) is 34.6. The van der Waals surface area contributed by atoms with E-state index in [2.05, 4.69) is 4.99 Å². The van der Waals surface area contributed by atoms with Crippen LogP contribution in [0.2, 0.25) is 0 Å². The van der Waals surface area contributed by atoms with Gasteiger partial charge in [0.1, 0.15) is 0 Å². The van der Waals surface area contributed by atoms with E-state index in [0.717, 1.165) is 19.3 Å². The molecule has 2 aromatic carbocycles. The Labute approximate surface area is 244 Å². The van der Waals surface area contributed by atoms with Crippen LogP contribution in [0.4, 0.5) is 11.4 Å². The number of allylic oxidation sites excluding steroid dienone is 4. The van der Waals surface area contributed by atoms with Gasteiger partial charge in [0.2, 0.25) is 0 Å². The molecule has 0 aliphatic rings. The monoisotopic (exact) mass is 585 g/mol. The molecule has 1 amide bonds. The van der Waals surface area contributed by atoms with Crippen LogP contribution in [-0.4, -0.2) is 27.0 Å². The number of carbonyl (C=O) groups excluding carboxylic acids is 2. The second kappa shape index (κ2) is 17.3. The summed E-state index contributed by atoms with van der Waals surface area (Å²) in [4.78, 5) is 47.8. The van der Waals surface area contributed by atoms with Gasteiger partial charge in [-0.15, -0.1) is 0 Å². The van der Waals surface area contributed by atoms with Gasteiger partial charge in [0.25, 0.3) is 22.5 Å². The fraction of sp³-hybridized carbons (Fsp3) is 0.345. The summed E-state index contributed by atoms with van der Waals surface area (Å²) in [6, 6.07) is 5.83. The summed E-state index contributed by atoms with van der Waals surface area (Å²) in [7, 11) is 0. The van der Waals surface area contributed by atoms with E-state index >= 15 is 0 Å². The summed E-state index contributed by atoms with van der Waals surface area (Å²) in [5.74, 6) is -1.06. The number of hydrogen-bond acceptors (Lipinski definition) is 6. The second-order valence-electron chi connectivity index (χ2n) is 9.06. The quantitative estimate of drug-likeness (QED) is 0.0715. The predicted octanol–water partition coefficient (Wildman–Crippen LogP) is 6.40. The fourth-order valence-electron chi connectivity index (χ4n) is 3.92. The summed E-state index contributed by atoms with van der Waals surface area (Å²) in [6.07, 6.45) is 12.4. The van der Waals surface area contributed by atoms with E-state index in [1.54, 1.807) is 26.0 Å². The molecule has 2 aromatic rings. The van der Waals surface area contributed by atoms with Crippen LogP contribution in [-0.2, 0) is 12.8 Å². The zero-order chi connectivity index (χ0) is 31.1. The van der Waals surface area contributed by atoms with Gasteiger partial charge in [-0.1, -0.05) is 38.2 Å². The zero-order valence-corrected chi connectivity index (χ0v) is 24.4. The van der Waals surface area contributed by atoms with Gasteiger partial charge in [-0.2, -0.15) is 4.99 Å². The van der Waals surface area contributed by atoms with E-state index in [1.807, 2.05) is 38.2 Å². The van der Waals surface area contributed by atoms with Crippen molar-refractivity contribution in [1.29, 1.82) is 0 Å². The van der Waals surface area contributed by atoms with E-state index in [1.165, 1.54) is 12.1 Å². The molecule has 11 nitrogen and oxygen atoms in total. The summed E-state index contributed by atoms with van der Waals surface area (Å²) >= 11 is 5.41. The van der Waals surface area contributed by atoms with Gasteiger partial charge in [0.15, 0.2) is 5.96 Å². The van der Waals surface area contributed by atoms with Gasteiger partial charge in [-0.3, -0.25) is 29.8 Å². The van der Waals surface area contributed by atoms with E-state index in [-0.39, 0.29) is 28.5 Å². The molecule has 0 bridgehead atoms. The van der Waals surface area contributed by atoms with Crippen LogP contribution in [0.15, 0.2) is 53.6 Å². The molecule has 0 heterocycles. The number of nitro benzene ring substituents is 2. The van der Waals surface area contributed by atoms with E-state index < -0.39 is 21.0 Å². The van der Waals surface area contributed by atoms with Crippen molar-refractivity contribution in [3.05, 3.63) is 102 Å². The van der Waals surface area contributed by atoms with Gasteiger partial charge in [0.05, 0.1) is 15.4 Å². The van der Waals surface area contributed by atoms with Crippen LogP contribution in [0.3, 0.4) is 0 Å². The molecule has 0 spiro atoms. The summed E-state index contributed by atoms with van der Waals surface area (Å²) in [6.45, 7) is 7.48. The molecule has 0 saturated heterocycles. The van der Waals surface area contributed by atoms with Gasteiger partial charge < -0.3 is 11.5 Å². The largest absolute Gasteiger partial charge is 0.370 e. The molecule has 0 unspecified atom stereocenters. The molecule has 220 valence electrons. The average Bonchev–Trinajstić information content (AvgIpc) is 2.88. The maximum atomic E-state index is 11.9. The predicted molar refractivity (Wildman–Crippen MR) is 161 cm³/mol. The van der Waals surface area contributed by atoms with Gasteiger partial charge in [-0.05, 0) is 87.2 Å². The number of halogens is 1. The lowest BCUT2D eigenvalue weighted by atomic mass is 9.99. The third kappa shape index (κ3) is 11.3. The van der Waals surface area contributed by atoms with Crippen molar-refractivity contribution in [2.45, 2.75) is 66.2 Å². The number of hydrogen-bond donors (Lipinski definition) is 2. The lowest BCUT2D eigenvalue weighted by molar-refractivity contribution is -0.385. The molecule has 0 aromatic heterocycles. The van der Waals surface area contributed by atoms with E-state index in [4.69, 9.17) is 23.1 Å². The van der Waals surface area contributed by atoms with Crippen molar-refractivity contribution in [3.63, 3.8) is 0 Å². The summed E-state index contributed by atoms with van der Waals surface area (Å²) in [5.41, 5.74) is 13.0. The number of aliphatic imine (C=N–C) groups is 1. The molecular weight excluding hydrogens is 550 g/mol. The minimum atomic E-state index is -0.682. The molecule has 0 aliphatic carbocycles. The first-order valence-corrected chi connectivity index (χ1v) is 13.4. The Balaban J connectivity index is 0.000000414. The standard InChI is InChI=1S/C15H20N4O3.C14H16ClNO3/c1-3-4-5-6-7-11-8-10(2)12(9-13(11)19(21)22)14(20)18-15(16)17;1-3-4-5-6-7-11-8-10(2)12(14(15)17)9-13(11)16(18)19/h4-5,8-9H,3,6-7H2,1-2H3,(H4,16,17,18,20);4-5,8-9H,3,6-7H2,1-2H3. The number of amides is 1. The second-order valence-corrected chi connectivity index (χ2v) is 9.40. The number of nitro groups is 2. The topological polar surface area (TPSA) is 185 Å². The lowest BCUT2D eigenvalue weighted by Gasteiger charge is -2.07. The van der Waals surface area contributed by atoms with E-state index in [9.17, 15) is 29.8 Å². The van der Waals surface area contributed by atoms with Crippen molar-refractivity contribution < 1.29 is 19.4 Å². The highest BCUT2D eigenvalue weighted by molar-refractivity contribution is 6.68. The molecule has 2 rings (SSSR count). The van der Waals surface area contributed by atoms with Crippen LogP contribution >= 0.6 is 11.6 Å². The van der Waals surface area contributed by atoms with Crippen LogP contribution in [0, 0.1) is 34.1 Å². The minimum absolute atomic E-state index is 0.0421. The number of carbonyl (C=O) groups is 2. The number of nitrogens with two attached hydrogens (primary N) is 2. The molecule has 0 radical (unpaired) electrons. The molecule has 0 saturated carbocycles. The summed E-state index contributed by atoms with van der Waals surface area (Å²) in [5, 5.41) is 21.6. The number of nitrogens with zero attached hydrogens (tertiary/aromatic N) is 3. The number of benzene rings is 2. The molecule has 12 heteroatoms. The Kier molecular flexibility index (Phi) is 14.7. The molecule has 4 N–H and O–H groups in total. The number of rotatable bonds is 12. The highest BCUT2D eigenvalue weighted by Gasteiger charge is 2.20. The highest BCUT2D eigenvalue weighted by atomic mass is 35.5. The van der Waals surface area contributed by atoms with E-state index in [0.29, 0.717) is 41.5 Å². The summed E-state index contributed by atoms with van der Waals surface area (Å²) < 4.78 is 0. The zero-order valence-electron chi connectivity index (χ0n) is 23.7. The Morgan fingerprint density at radius 3 is 1.59 bits per heavy atom. The van der Waals surface area contributed by atoms with Crippen molar-refractivity contribution >= 4 is 40.1 Å². The fourth-order valence-corrected chi connectivity index (χ4v) is 4.12. The minimum Gasteiger partial charge on any atom is -0.370 e. The Morgan fingerprint density at radius 2 is 1.22 bits per heavy atom. The molecule has 0 aliphatic heterocycles. The van der Waals surface area contributed by atoms with Crippen LogP contribution in [0.1, 0.15) is 82.5 Å². The van der Waals surface area contributed by atoms with Crippen molar-refractivity contribution in [3.8, 4) is 0 Å². The lowest BCUT2D eigenvalue weighted by Crippen LogP contribution is -2.24. The Morgan fingerprint density at radius 1 is 0.805 bits per heavy atom. The van der Waals surface area contributed by atoms with Crippen molar-refractivity contribution in [2.24, 2.45) is 16.5 Å². The Hall–Kier alpha value is -4.38. The molecule has 41 heavy (non-hydrogen) atoms. The first-order valence-electron chi connectivity index (χ1n) is 13.0. The number of aryl methyl sites for hydroxylation is 4. The van der Waals surface area contributed by atoms with Gasteiger partial charge >= 0.3 is 0 Å². The normalized spacial score (nSPS) is 10.8. The third-order valence-corrected chi connectivity index (χ3v) is 6.09. The highest BCUT2D eigenvalue weighted by Crippen LogP contribution is 2.27. The van der Waals surface area contributed by atoms with Crippen molar-refractivity contribution in [1.82, 2.24) is 0 Å². The van der Waals surface area contributed by atoms with Crippen LogP contribution in [0.25, 0.3) is 0 Å². The Bertz CT molecular complexity index is 1360. The van der Waals surface area contributed by atoms with Crippen molar-refractivity contribution in [2.75, 3.05) is 0 Å². The van der Waals surface area contributed by atoms with Crippen LogP contribution in [0.5, 0.6) is 0 Å². The first-order chi connectivity index (χ1) is 19.3. The maximum Gasteiger partial charge on any atom is 0.280 e. The molecular formula is C29H36ClN5O6. The number of guanidine groups is 1. The molecule has 0 atom stereocenters. The van der Waals surface area contributed by atoms with Gasteiger partial charge in [0, 0.05) is 28.8 Å². The SMILES string of the molecule is CCC=CCCc1cc(C)c(C(=O)Cl)cc1[N+](=O)[O-].CCC=CCCc1cc(C)c(C(=O)N=C(N)N)cc1[N+](=O)[O-]. The average molecular weight is 586 g/mol. The maximum absolute atomic E-state index is 11.9. The van der Waals surface area contributed by atoms with Gasteiger partial charge in [-0.25, -0.2) is 0 Å². The third-order valence-electron chi connectivity index (χ3n) is 5.88. The van der Waals surface area contributed by atoms with Crippen LogP contribution < -0.4 is 11.5 Å².